The number of anilines is 1. The third-order valence-corrected chi connectivity index (χ3v) is 3.68. The van der Waals surface area contributed by atoms with E-state index in [4.69, 9.17) is 15.2 Å². The fourth-order valence-corrected chi connectivity index (χ4v) is 2.61. The molecule has 0 atom stereocenters. The van der Waals surface area contributed by atoms with Gasteiger partial charge < -0.3 is 15.2 Å². The molecule has 20 heavy (non-hydrogen) atoms. The van der Waals surface area contributed by atoms with Gasteiger partial charge in [-0.15, -0.1) is 0 Å². The second-order valence-electron chi connectivity index (χ2n) is 4.73. The van der Waals surface area contributed by atoms with Crippen LogP contribution >= 0.6 is 15.9 Å². The van der Waals surface area contributed by atoms with E-state index in [-0.39, 0.29) is 5.78 Å². The van der Waals surface area contributed by atoms with Crippen molar-refractivity contribution in [3.63, 3.8) is 0 Å². The number of nitrogens with two attached hydrogens (primary N) is 1. The van der Waals surface area contributed by atoms with Crippen molar-refractivity contribution < 1.29 is 14.3 Å². The summed E-state index contributed by atoms with van der Waals surface area (Å²) in [7, 11) is 0. The monoisotopic (exact) mass is 342 g/mol. The lowest BCUT2D eigenvalue weighted by Crippen LogP contribution is -2.38. The summed E-state index contributed by atoms with van der Waals surface area (Å²) in [6.07, 6.45) is 0. The molecule has 1 aliphatic heterocycles. The van der Waals surface area contributed by atoms with Crippen molar-refractivity contribution in [3.8, 4) is 5.75 Å². The van der Waals surface area contributed by atoms with Crippen LogP contribution in [0.2, 0.25) is 0 Å². The Kier molecular flexibility index (Phi) is 5.39. The number of hydrogen-bond donors (Lipinski definition) is 1. The Morgan fingerprint density at radius 2 is 2.15 bits per heavy atom. The molecule has 2 N–H and O–H groups in total. The molecule has 1 saturated heterocycles. The molecule has 0 bridgehead atoms. The van der Waals surface area contributed by atoms with Gasteiger partial charge in [0, 0.05) is 24.1 Å². The third-order valence-electron chi connectivity index (χ3n) is 3.22. The number of rotatable bonds is 5. The largest absolute Gasteiger partial charge is 0.489 e. The van der Waals surface area contributed by atoms with Gasteiger partial charge >= 0.3 is 0 Å². The number of ether oxygens (including phenoxy) is 2. The zero-order valence-corrected chi connectivity index (χ0v) is 13.1. The SMILES string of the molecule is CC(=O)c1cc(Br)cc(N)c1OCCN1CCOCC1. The average Bonchev–Trinajstić information content (AvgIpc) is 2.41. The predicted molar refractivity (Wildman–Crippen MR) is 81.3 cm³/mol. The Hall–Kier alpha value is -1.11. The fourth-order valence-electron chi connectivity index (χ4n) is 2.14. The summed E-state index contributed by atoms with van der Waals surface area (Å²) in [5.74, 6) is 0.424. The molecule has 0 spiro atoms. The van der Waals surface area contributed by atoms with Gasteiger partial charge in [0.2, 0.25) is 0 Å². The maximum atomic E-state index is 11.7. The van der Waals surface area contributed by atoms with Crippen LogP contribution in [-0.2, 0) is 4.74 Å². The standard InChI is InChI=1S/C14H19BrN2O3/c1-10(18)12-8-11(15)9-13(16)14(12)20-7-4-17-2-5-19-6-3-17/h8-9H,2-7,16H2,1H3. The first kappa shape index (κ1) is 15.3. The van der Waals surface area contributed by atoms with Crippen molar-refractivity contribution >= 4 is 27.4 Å². The molecule has 1 aliphatic rings. The first-order valence-corrected chi connectivity index (χ1v) is 7.40. The molecule has 1 heterocycles. The van der Waals surface area contributed by atoms with Gasteiger partial charge in [-0.25, -0.2) is 0 Å². The van der Waals surface area contributed by atoms with Crippen LogP contribution in [-0.4, -0.2) is 50.1 Å². The van der Waals surface area contributed by atoms with E-state index >= 15 is 0 Å². The molecule has 110 valence electrons. The lowest BCUT2D eigenvalue weighted by Gasteiger charge is -2.26. The van der Waals surface area contributed by atoms with E-state index in [1.54, 1.807) is 12.1 Å². The molecule has 0 radical (unpaired) electrons. The van der Waals surface area contributed by atoms with Crippen molar-refractivity contribution in [3.05, 3.63) is 22.2 Å². The van der Waals surface area contributed by atoms with Gasteiger partial charge in [-0.05, 0) is 19.1 Å². The number of halogens is 1. The molecule has 0 saturated carbocycles. The van der Waals surface area contributed by atoms with Crippen molar-refractivity contribution in [2.24, 2.45) is 0 Å². The number of Topliss-reactive ketones (excluding diaryl/α,β-unsaturated/α-hetero) is 1. The first-order valence-electron chi connectivity index (χ1n) is 6.61. The minimum absolute atomic E-state index is 0.0561. The highest BCUT2D eigenvalue weighted by molar-refractivity contribution is 9.10. The number of carbonyl (C=O) groups is 1. The molecule has 0 unspecified atom stereocenters. The van der Waals surface area contributed by atoms with Gasteiger partial charge in [0.15, 0.2) is 11.5 Å². The number of nitrogens with zero attached hydrogens (tertiary/aromatic N) is 1. The predicted octanol–water partition coefficient (Wildman–Crippen LogP) is 1.94. The molecule has 1 aromatic carbocycles. The highest BCUT2D eigenvalue weighted by atomic mass is 79.9. The second kappa shape index (κ2) is 7.06. The Morgan fingerprint density at radius 1 is 1.45 bits per heavy atom. The molecule has 1 aromatic rings. The fraction of sp³-hybridized carbons (Fsp3) is 0.500. The molecule has 0 amide bonds. The van der Waals surface area contributed by atoms with Crippen LogP contribution in [0.15, 0.2) is 16.6 Å². The molecule has 5 nitrogen and oxygen atoms in total. The number of ketones is 1. The summed E-state index contributed by atoms with van der Waals surface area (Å²) in [5.41, 5.74) is 6.93. The van der Waals surface area contributed by atoms with Crippen LogP contribution in [0.25, 0.3) is 0 Å². The van der Waals surface area contributed by atoms with Gasteiger partial charge in [0.1, 0.15) is 6.61 Å². The van der Waals surface area contributed by atoms with Crippen LogP contribution in [0.5, 0.6) is 5.75 Å². The Labute approximate surface area is 127 Å². The smallest absolute Gasteiger partial charge is 0.163 e. The maximum Gasteiger partial charge on any atom is 0.163 e. The average molecular weight is 343 g/mol. The number of hydrogen-bond acceptors (Lipinski definition) is 5. The number of morpholine rings is 1. The van der Waals surface area contributed by atoms with Crippen LogP contribution in [0, 0.1) is 0 Å². The Balaban J connectivity index is 1.99. The van der Waals surface area contributed by atoms with E-state index in [9.17, 15) is 4.79 Å². The summed E-state index contributed by atoms with van der Waals surface area (Å²) in [4.78, 5) is 13.9. The molecule has 1 fully saturated rings. The van der Waals surface area contributed by atoms with E-state index in [1.807, 2.05) is 0 Å². The van der Waals surface area contributed by atoms with Gasteiger partial charge in [-0.2, -0.15) is 0 Å². The lowest BCUT2D eigenvalue weighted by molar-refractivity contribution is 0.0322. The highest BCUT2D eigenvalue weighted by Gasteiger charge is 2.15. The number of carbonyl (C=O) groups excluding carboxylic acids is 1. The number of benzene rings is 1. The van der Waals surface area contributed by atoms with E-state index < -0.39 is 0 Å². The van der Waals surface area contributed by atoms with E-state index in [1.165, 1.54) is 6.92 Å². The highest BCUT2D eigenvalue weighted by Crippen LogP contribution is 2.31. The van der Waals surface area contributed by atoms with Crippen molar-refractivity contribution in [2.75, 3.05) is 45.2 Å². The van der Waals surface area contributed by atoms with E-state index in [2.05, 4.69) is 20.8 Å². The minimum atomic E-state index is -0.0561. The molecule has 2 rings (SSSR count). The third kappa shape index (κ3) is 3.94. The van der Waals surface area contributed by atoms with Crippen LogP contribution in [0.1, 0.15) is 17.3 Å². The molecule has 0 aromatic heterocycles. The molecule has 0 aliphatic carbocycles. The van der Waals surface area contributed by atoms with Crippen LogP contribution in [0.4, 0.5) is 5.69 Å². The zero-order valence-electron chi connectivity index (χ0n) is 11.5. The van der Waals surface area contributed by atoms with Gasteiger partial charge in [-0.3, -0.25) is 9.69 Å². The maximum absolute atomic E-state index is 11.7. The summed E-state index contributed by atoms with van der Waals surface area (Å²) in [5, 5.41) is 0. The Morgan fingerprint density at radius 3 is 2.80 bits per heavy atom. The van der Waals surface area contributed by atoms with E-state index in [0.717, 1.165) is 37.3 Å². The summed E-state index contributed by atoms with van der Waals surface area (Å²) in [6, 6.07) is 3.49. The Bertz CT molecular complexity index is 488. The van der Waals surface area contributed by atoms with Crippen molar-refractivity contribution in [1.82, 2.24) is 4.90 Å². The summed E-state index contributed by atoms with van der Waals surface area (Å²) < 4.78 is 11.8. The van der Waals surface area contributed by atoms with Gasteiger partial charge in [0.05, 0.1) is 24.5 Å². The first-order chi connectivity index (χ1) is 9.58. The van der Waals surface area contributed by atoms with Crippen LogP contribution < -0.4 is 10.5 Å². The van der Waals surface area contributed by atoms with Crippen molar-refractivity contribution in [2.45, 2.75) is 6.92 Å². The van der Waals surface area contributed by atoms with Crippen molar-refractivity contribution in [1.29, 1.82) is 0 Å². The van der Waals surface area contributed by atoms with E-state index in [0.29, 0.717) is 23.6 Å². The molecule has 6 heteroatoms. The number of nitrogen functional groups attached to an aromatic ring is 1. The normalized spacial score (nSPS) is 16.1. The summed E-state index contributed by atoms with van der Waals surface area (Å²) in [6.45, 7) is 6.17. The lowest BCUT2D eigenvalue weighted by atomic mass is 10.1. The van der Waals surface area contributed by atoms with Gasteiger partial charge in [0.25, 0.3) is 0 Å². The molecular weight excluding hydrogens is 324 g/mol. The summed E-state index contributed by atoms with van der Waals surface area (Å²) >= 11 is 3.34. The van der Waals surface area contributed by atoms with Crippen LogP contribution in [0.3, 0.4) is 0 Å². The zero-order chi connectivity index (χ0) is 14.5. The van der Waals surface area contributed by atoms with Gasteiger partial charge in [-0.1, -0.05) is 15.9 Å². The quantitative estimate of drug-likeness (QED) is 0.654. The minimum Gasteiger partial charge on any atom is -0.489 e. The topological polar surface area (TPSA) is 64.8 Å². The molecular formula is C14H19BrN2O3. The second-order valence-corrected chi connectivity index (χ2v) is 5.65.